The predicted octanol–water partition coefficient (Wildman–Crippen LogP) is 1.93. The summed E-state index contributed by atoms with van der Waals surface area (Å²) in [6.07, 6.45) is 0.279. The number of aryl methyl sites for hydroxylation is 1. The van der Waals surface area contributed by atoms with Gasteiger partial charge >= 0.3 is 0 Å². The first-order chi connectivity index (χ1) is 9.61. The van der Waals surface area contributed by atoms with Gasteiger partial charge in [0.05, 0.1) is 17.0 Å². The molecule has 0 aliphatic carbocycles. The molecule has 2 heterocycles. The molecule has 1 N–H and O–H groups in total. The number of amides is 1. The molecule has 0 aliphatic rings. The summed E-state index contributed by atoms with van der Waals surface area (Å²) in [4.78, 5) is 19.2. The number of hydrogen-bond acceptors (Lipinski definition) is 5. The molecule has 0 aromatic carbocycles. The van der Waals surface area contributed by atoms with E-state index in [-0.39, 0.29) is 12.3 Å². The van der Waals surface area contributed by atoms with E-state index in [2.05, 4.69) is 10.3 Å². The molecule has 0 radical (unpaired) electrons. The van der Waals surface area contributed by atoms with Gasteiger partial charge in [-0.05, 0) is 25.4 Å². The molecular formula is C14H19N3O2S. The molecule has 0 bridgehead atoms. The number of nitrogens with one attached hydrogen (secondary N) is 1. The molecule has 2 rings (SSSR count). The van der Waals surface area contributed by atoms with Gasteiger partial charge in [-0.3, -0.25) is 4.79 Å². The number of hydrogen-bond donors (Lipinski definition) is 1. The van der Waals surface area contributed by atoms with E-state index in [0.29, 0.717) is 18.2 Å². The van der Waals surface area contributed by atoms with E-state index in [1.54, 1.807) is 23.3 Å². The van der Waals surface area contributed by atoms with E-state index in [4.69, 9.17) is 4.42 Å². The van der Waals surface area contributed by atoms with Crippen molar-refractivity contribution in [1.29, 1.82) is 0 Å². The number of nitrogens with zero attached hydrogens (tertiary/aromatic N) is 2. The Morgan fingerprint density at radius 1 is 1.55 bits per heavy atom. The van der Waals surface area contributed by atoms with Gasteiger partial charge in [-0.1, -0.05) is 6.07 Å². The molecule has 0 spiro atoms. The fourth-order valence-corrected chi connectivity index (χ4v) is 2.43. The van der Waals surface area contributed by atoms with Gasteiger partial charge < -0.3 is 14.6 Å². The fraction of sp³-hybridized carbons (Fsp3) is 0.429. The SMILES string of the molecule is CNCCN(C)C(=O)Cc1nc(-c2cccs2)oc1C. The van der Waals surface area contributed by atoms with Crippen LogP contribution >= 0.6 is 11.3 Å². The second kappa shape index (κ2) is 6.67. The van der Waals surface area contributed by atoms with Crippen LogP contribution in [0.4, 0.5) is 0 Å². The summed E-state index contributed by atoms with van der Waals surface area (Å²) < 4.78 is 5.64. The number of rotatable bonds is 6. The van der Waals surface area contributed by atoms with E-state index in [0.717, 1.165) is 17.1 Å². The highest BCUT2D eigenvalue weighted by Gasteiger charge is 2.17. The molecule has 0 saturated carbocycles. The van der Waals surface area contributed by atoms with Gasteiger partial charge in [0.1, 0.15) is 5.76 Å². The van der Waals surface area contributed by atoms with Crippen molar-refractivity contribution in [2.24, 2.45) is 0 Å². The lowest BCUT2D eigenvalue weighted by molar-refractivity contribution is -0.129. The quantitative estimate of drug-likeness (QED) is 0.884. The summed E-state index contributed by atoms with van der Waals surface area (Å²) in [6.45, 7) is 3.31. The molecule has 0 aliphatic heterocycles. The van der Waals surface area contributed by atoms with Gasteiger partial charge in [-0.15, -0.1) is 11.3 Å². The highest BCUT2D eigenvalue weighted by Crippen LogP contribution is 2.26. The summed E-state index contributed by atoms with van der Waals surface area (Å²) in [5.74, 6) is 1.36. The van der Waals surface area contributed by atoms with E-state index >= 15 is 0 Å². The van der Waals surface area contributed by atoms with E-state index < -0.39 is 0 Å². The third-order valence-corrected chi connectivity index (χ3v) is 3.92. The first-order valence-corrected chi connectivity index (χ1v) is 7.38. The second-order valence-corrected chi connectivity index (χ2v) is 5.54. The van der Waals surface area contributed by atoms with Gasteiger partial charge in [0.15, 0.2) is 0 Å². The van der Waals surface area contributed by atoms with Crippen LogP contribution < -0.4 is 5.32 Å². The lowest BCUT2D eigenvalue weighted by Crippen LogP contribution is -2.33. The molecule has 0 fully saturated rings. The van der Waals surface area contributed by atoms with Crippen LogP contribution in [0.1, 0.15) is 11.5 Å². The second-order valence-electron chi connectivity index (χ2n) is 4.59. The molecule has 0 atom stereocenters. The first kappa shape index (κ1) is 14.7. The maximum Gasteiger partial charge on any atom is 0.236 e. The molecule has 0 saturated heterocycles. The maximum absolute atomic E-state index is 12.1. The molecular weight excluding hydrogens is 274 g/mol. The average molecular weight is 293 g/mol. The van der Waals surface area contributed by atoms with Gasteiger partial charge in [0.25, 0.3) is 0 Å². The summed E-state index contributed by atoms with van der Waals surface area (Å²) in [6, 6.07) is 3.91. The van der Waals surface area contributed by atoms with Gasteiger partial charge in [0.2, 0.25) is 11.8 Å². The Labute approximate surface area is 122 Å². The standard InChI is InChI=1S/C14H19N3O2S/c1-10-11(9-13(18)17(3)7-6-15-2)16-14(19-10)12-5-4-8-20-12/h4-5,8,15H,6-7,9H2,1-3H3. The van der Waals surface area contributed by atoms with Crippen LogP contribution in [0.25, 0.3) is 10.8 Å². The Kier molecular flexibility index (Phi) is 4.92. The Morgan fingerprint density at radius 2 is 2.35 bits per heavy atom. The van der Waals surface area contributed by atoms with Crippen molar-refractivity contribution in [2.45, 2.75) is 13.3 Å². The van der Waals surface area contributed by atoms with E-state index in [9.17, 15) is 4.79 Å². The average Bonchev–Trinajstić information content (AvgIpc) is 3.06. The number of aromatic nitrogens is 1. The summed E-state index contributed by atoms with van der Waals surface area (Å²) in [7, 11) is 3.67. The lowest BCUT2D eigenvalue weighted by atomic mass is 10.2. The molecule has 2 aromatic heterocycles. The van der Waals surface area contributed by atoms with Crippen molar-refractivity contribution in [3.05, 3.63) is 29.0 Å². The van der Waals surface area contributed by atoms with Crippen molar-refractivity contribution >= 4 is 17.2 Å². The third-order valence-electron chi connectivity index (χ3n) is 3.07. The summed E-state index contributed by atoms with van der Waals surface area (Å²) in [5.41, 5.74) is 0.717. The van der Waals surface area contributed by atoms with Crippen LogP contribution in [-0.2, 0) is 11.2 Å². The third kappa shape index (κ3) is 3.46. The zero-order valence-electron chi connectivity index (χ0n) is 12.0. The molecule has 5 nitrogen and oxygen atoms in total. The van der Waals surface area contributed by atoms with Crippen molar-refractivity contribution in [2.75, 3.05) is 27.2 Å². The Morgan fingerprint density at radius 3 is 3.00 bits per heavy atom. The minimum atomic E-state index is 0.0504. The van der Waals surface area contributed by atoms with Crippen LogP contribution in [-0.4, -0.2) is 43.0 Å². The highest BCUT2D eigenvalue weighted by atomic mass is 32.1. The number of oxazole rings is 1. The minimum Gasteiger partial charge on any atom is -0.440 e. The van der Waals surface area contributed by atoms with Crippen LogP contribution in [0.2, 0.25) is 0 Å². The number of likely N-dealkylation sites (N-methyl/N-ethyl adjacent to an activating group) is 2. The summed E-state index contributed by atoms with van der Waals surface area (Å²) in [5, 5.41) is 5.00. The van der Waals surface area contributed by atoms with Crippen molar-refractivity contribution < 1.29 is 9.21 Å². The topological polar surface area (TPSA) is 58.4 Å². The lowest BCUT2D eigenvalue weighted by Gasteiger charge is -2.16. The predicted molar refractivity (Wildman–Crippen MR) is 79.8 cm³/mol. The number of thiophene rings is 1. The summed E-state index contributed by atoms with van der Waals surface area (Å²) >= 11 is 1.57. The zero-order chi connectivity index (χ0) is 14.5. The van der Waals surface area contributed by atoms with Crippen LogP contribution in [0.5, 0.6) is 0 Å². The molecule has 0 unspecified atom stereocenters. The van der Waals surface area contributed by atoms with Crippen molar-refractivity contribution in [3.8, 4) is 10.8 Å². The molecule has 2 aromatic rings. The normalized spacial score (nSPS) is 10.8. The smallest absolute Gasteiger partial charge is 0.236 e. The van der Waals surface area contributed by atoms with Crippen LogP contribution in [0, 0.1) is 6.92 Å². The van der Waals surface area contributed by atoms with E-state index in [1.807, 2.05) is 31.5 Å². The number of carbonyl (C=O) groups is 1. The van der Waals surface area contributed by atoms with Gasteiger partial charge in [-0.2, -0.15) is 0 Å². The first-order valence-electron chi connectivity index (χ1n) is 6.50. The minimum absolute atomic E-state index is 0.0504. The van der Waals surface area contributed by atoms with Crippen molar-refractivity contribution in [3.63, 3.8) is 0 Å². The van der Waals surface area contributed by atoms with Gasteiger partial charge in [-0.25, -0.2) is 4.98 Å². The van der Waals surface area contributed by atoms with Crippen LogP contribution in [0.3, 0.4) is 0 Å². The maximum atomic E-state index is 12.1. The Balaban J connectivity index is 2.04. The Bertz CT molecular complexity index is 563. The monoisotopic (exact) mass is 293 g/mol. The van der Waals surface area contributed by atoms with Crippen LogP contribution in [0.15, 0.2) is 21.9 Å². The fourth-order valence-electron chi connectivity index (χ4n) is 1.78. The largest absolute Gasteiger partial charge is 0.440 e. The van der Waals surface area contributed by atoms with Crippen molar-refractivity contribution in [1.82, 2.24) is 15.2 Å². The molecule has 108 valence electrons. The molecule has 6 heteroatoms. The van der Waals surface area contributed by atoms with E-state index in [1.165, 1.54) is 0 Å². The molecule has 20 heavy (non-hydrogen) atoms. The molecule has 1 amide bonds. The number of carbonyl (C=O) groups excluding carboxylic acids is 1. The van der Waals surface area contributed by atoms with Gasteiger partial charge in [0, 0.05) is 20.1 Å². The Hall–Kier alpha value is -1.66. The highest BCUT2D eigenvalue weighted by molar-refractivity contribution is 7.13. The zero-order valence-corrected chi connectivity index (χ0v) is 12.8.